The average Bonchev–Trinajstić information content (AvgIpc) is 3.05. The maximum absolute atomic E-state index is 13.9. The van der Waals surface area contributed by atoms with E-state index in [1.807, 2.05) is 36.4 Å². The van der Waals surface area contributed by atoms with Crippen LogP contribution in [0.15, 0.2) is 77.3 Å². The summed E-state index contributed by atoms with van der Waals surface area (Å²) in [6, 6.07) is 24.3. The minimum absolute atomic E-state index is 0.0704. The number of amides is 2. The summed E-state index contributed by atoms with van der Waals surface area (Å²) in [7, 11) is 0. The maximum Gasteiger partial charge on any atom is 0.238 e. The highest BCUT2D eigenvalue weighted by molar-refractivity contribution is 9.10. The fraction of sp³-hybridized carbons (Fsp3) is 0.231. The van der Waals surface area contributed by atoms with Crippen LogP contribution in [0, 0.1) is 11.8 Å². The molecule has 0 radical (unpaired) electrons. The lowest BCUT2D eigenvalue weighted by Gasteiger charge is -2.54. The first-order valence-corrected chi connectivity index (χ1v) is 11.2. The van der Waals surface area contributed by atoms with Gasteiger partial charge in [0.25, 0.3) is 0 Å². The lowest BCUT2D eigenvalue weighted by Crippen LogP contribution is -2.53. The molecule has 4 aliphatic rings. The number of rotatable bonds is 2. The Morgan fingerprint density at radius 1 is 0.867 bits per heavy atom. The van der Waals surface area contributed by atoms with Crippen molar-refractivity contribution in [2.24, 2.45) is 11.8 Å². The van der Waals surface area contributed by atoms with Gasteiger partial charge in [-0.2, -0.15) is 0 Å². The lowest BCUT2D eigenvalue weighted by atomic mass is 9.46. The van der Waals surface area contributed by atoms with Crippen molar-refractivity contribution in [1.82, 2.24) is 0 Å². The molecule has 148 valence electrons. The standard InChI is InChI=1S/C26H20BrNO2/c1-2-26-19-12-5-3-10-17(19)21(18-11-4-6-13-20(18)26)22-23(26)25(30)28(24(22)29)16-9-7-8-15(27)14-16/h3-14,21-23H,2H2,1H3/t21?,22-,23+,26?/m1/s1. The molecule has 0 spiro atoms. The van der Waals surface area contributed by atoms with E-state index in [9.17, 15) is 9.59 Å². The first-order chi connectivity index (χ1) is 14.6. The second kappa shape index (κ2) is 6.14. The molecule has 1 heterocycles. The molecule has 2 bridgehead atoms. The quantitative estimate of drug-likeness (QED) is 0.482. The van der Waals surface area contributed by atoms with E-state index in [2.05, 4.69) is 59.3 Å². The highest BCUT2D eigenvalue weighted by Gasteiger charge is 2.67. The van der Waals surface area contributed by atoms with Crippen LogP contribution in [0.2, 0.25) is 0 Å². The summed E-state index contributed by atoms with van der Waals surface area (Å²) in [5, 5.41) is 0. The van der Waals surface area contributed by atoms with Gasteiger partial charge in [0.2, 0.25) is 11.8 Å². The van der Waals surface area contributed by atoms with Crippen molar-refractivity contribution >= 4 is 33.4 Å². The largest absolute Gasteiger partial charge is 0.274 e. The Morgan fingerprint density at radius 3 is 2.10 bits per heavy atom. The molecule has 3 aliphatic carbocycles. The van der Waals surface area contributed by atoms with E-state index >= 15 is 0 Å². The van der Waals surface area contributed by atoms with Crippen molar-refractivity contribution in [2.45, 2.75) is 24.7 Å². The van der Waals surface area contributed by atoms with Gasteiger partial charge in [0.1, 0.15) is 0 Å². The molecule has 2 atom stereocenters. The summed E-state index contributed by atoms with van der Waals surface area (Å²) >= 11 is 3.48. The number of benzene rings is 3. The van der Waals surface area contributed by atoms with Crippen LogP contribution in [-0.2, 0) is 15.0 Å². The Labute approximate surface area is 183 Å². The number of nitrogens with zero attached hydrogens (tertiary/aromatic N) is 1. The topological polar surface area (TPSA) is 37.4 Å². The molecule has 0 aromatic heterocycles. The second-order valence-electron chi connectivity index (χ2n) is 8.47. The minimum atomic E-state index is -0.472. The Kier molecular flexibility index (Phi) is 3.70. The van der Waals surface area contributed by atoms with Gasteiger partial charge in [0.05, 0.1) is 17.5 Å². The molecule has 30 heavy (non-hydrogen) atoms. The van der Waals surface area contributed by atoms with E-state index in [4.69, 9.17) is 0 Å². The summed E-state index contributed by atoms with van der Waals surface area (Å²) in [6.45, 7) is 2.15. The fourth-order valence-electron chi connectivity index (χ4n) is 6.40. The summed E-state index contributed by atoms with van der Waals surface area (Å²) in [6.07, 6.45) is 0.778. The molecule has 4 heteroatoms. The molecule has 3 aromatic rings. The van der Waals surface area contributed by atoms with E-state index in [1.54, 1.807) is 0 Å². The highest BCUT2D eigenvalue weighted by Crippen LogP contribution is 2.65. The van der Waals surface area contributed by atoms with Gasteiger partial charge < -0.3 is 0 Å². The van der Waals surface area contributed by atoms with Crippen molar-refractivity contribution in [3.63, 3.8) is 0 Å². The average molecular weight is 458 g/mol. The van der Waals surface area contributed by atoms with E-state index in [1.165, 1.54) is 27.2 Å². The summed E-state index contributed by atoms with van der Waals surface area (Å²) in [4.78, 5) is 29.2. The number of hydrogen-bond acceptors (Lipinski definition) is 2. The monoisotopic (exact) mass is 457 g/mol. The third-order valence-electron chi connectivity index (χ3n) is 7.42. The van der Waals surface area contributed by atoms with Crippen molar-refractivity contribution in [3.8, 4) is 0 Å². The molecule has 7 rings (SSSR count). The van der Waals surface area contributed by atoms with Crippen LogP contribution in [0.25, 0.3) is 0 Å². The number of imide groups is 1. The molecule has 0 saturated carbocycles. The van der Waals surface area contributed by atoms with E-state index in [0.29, 0.717) is 5.69 Å². The van der Waals surface area contributed by atoms with Crippen LogP contribution in [0.4, 0.5) is 5.69 Å². The van der Waals surface area contributed by atoms with Gasteiger partial charge in [-0.3, -0.25) is 9.59 Å². The first kappa shape index (κ1) is 18.1. The molecule has 0 unspecified atom stereocenters. The van der Waals surface area contributed by atoms with Gasteiger partial charge in [-0.1, -0.05) is 77.5 Å². The van der Waals surface area contributed by atoms with Crippen LogP contribution >= 0.6 is 15.9 Å². The highest BCUT2D eigenvalue weighted by atomic mass is 79.9. The van der Waals surface area contributed by atoms with Crippen molar-refractivity contribution in [2.75, 3.05) is 4.90 Å². The van der Waals surface area contributed by atoms with Crippen LogP contribution in [0.1, 0.15) is 41.5 Å². The molecule has 1 saturated heterocycles. The fourth-order valence-corrected chi connectivity index (χ4v) is 6.79. The number of halogens is 1. The normalized spacial score (nSPS) is 28.3. The Hall–Kier alpha value is -2.72. The number of hydrogen-bond donors (Lipinski definition) is 0. The number of carbonyl (C=O) groups is 2. The van der Waals surface area contributed by atoms with Gasteiger partial charge in [0, 0.05) is 15.8 Å². The summed E-state index contributed by atoms with van der Waals surface area (Å²) in [5.74, 6) is -0.955. The van der Waals surface area contributed by atoms with Gasteiger partial charge in [0.15, 0.2) is 0 Å². The van der Waals surface area contributed by atoms with Gasteiger partial charge in [-0.15, -0.1) is 0 Å². The number of anilines is 1. The molecule has 0 N–H and O–H groups in total. The minimum Gasteiger partial charge on any atom is -0.274 e. The SMILES string of the molecule is CCC12c3ccccc3C(c3ccccc31)[C@H]1C(=O)N(c3cccc(Br)c3)C(=O)[C@H]12. The van der Waals surface area contributed by atoms with Crippen LogP contribution in [-0.4, -0.2) is 11.8 Å². The second-order valence-corrected chi connectivity index (χ2v) is 9.39. The zero-order valence-corrected chi connectivity index (χ0v) is 18.1. The molecular formula is C26H20BrNO2. The Morgan fingerprint density at radius 2 is 1.50 bits per heavy atom. The van der Waals surface area contributed by atoms with Crippen LogP contribution < -0.4 is 4.90 Å². The zero-order valence-electron chi connectivity index (χ0n) is 16.5. The van der Waals surface area contributed by atoms with Crippen LogP contribution in [0.5, 0.6) is 0 Å². The Balaban J connectivity index is 1.65. The first-order valence-electron chi connectivity index (χ1n) is 10.4. The summed E-state index contributed by atoms with van der Waals surface area (Å²) < 4.78 is 0.857. The van der Waals surface area contributed by atoms with Crippen LogP contribution in [0.3, 0.4) is 0 Å². The van der Waals surface area contributed by atoms with Crippen molar-refractivity contribution < 1.29 is 9.59 Å². The molecule has 1 fully saturated rings. The molecule has 1 aliphatic heterocycles. The van der Waals surface area contributed by atoms with Crippen molar-refractivity contribution in [1.29, 1.82) is 0 Å². The Bertz CT molecular complexity index is 1190. The molecule has 2 amide bonds. The predicted octanol–water partition coefficient (Wildman–Crippen LogP) is 5.41. The zero-order chi connectivity index (χ0) is 20.6. The molecule has 3 aromatic carbocycles. The third kappa shape index (κ3) is 2.00. The van der Waals surface area contributed by atoms with Gasteiger partial charge in [-0.25, -0.2) is 4.90 Å². The van der Waals surface area contributed by atoms with Gasteiger partial charge in [-0.05, 0) is 46.9 Å². The summed E-state index contributed by atoms with van der Waals surface area (Å²) in [5.41, 5.74) is 5.02. The van der Waals surface area contributed by atoms with Crippen molar-refractivity contribution in [3.05, 3.63) is 99.5 Å². The van der Waals surface area contributed by atoms with E-state index in [0.717, 1.165) is 10.9 Å². The lowest BCUT2D eigenvalue weighted by molar-refractivity contribution is -0.123. The number of carbonyl (C=O) groups excluding carboxylic acids is 2. The molecular weight excluding hydrogens is 438 g/mol. The predicted molar refractivity (Wildman–Crippen MR) is 119 cm³/mol. The van der Waals surface area contributed by atoms with Gasteiger partial charge >= 0.3 is 0 Å². The van der Waals surface area contributed by atoms with E-state index < -0.39 is 5.41 Å². The maximum atomic E-state index is 13.9. The van der Waals surface area contributed by atoms with E-state index in [-0.39, 0.29) is 29.6 Å². The smallest absolute Gasteiger partial charge is 0.238 e. The molecule has 3 nitrogen and oxygen atoms in total. The third-order valence-corrected chi connectivity index (χ3v) is 7.91.